The summed E-state index contributed by atoms with van der Waals surface area (Å²) in [7, 11) is 0. The number of benzene rings is 1. The first kappa shape index (κ1) is 14.3. The predicted octanol–water partition coefficient (Wildman–Crippen LogP) is 2.88. The zero-order valence-corrected chi connectivity index (χ0v) is 10.9. The van der Waals surface area contributed by atoms with E-state index in [9.17, 15) is 14.9 Å². The number of carbonyl (C=O) groups excluding carboxylic acids is 1. The molecule has 0 aromatic heterocycles. The van der Waals surface area contributed by atoms with Gasteiger partial charge >= 0.3 is 0 Å². The van der Waals surface area contributed by atoms with Crippen LogP contribution in [0.3, 0.4) is 0 Å². The second-order valence-electron chi connectivity index (χ2n) is 3.36. The van der Waals surface area contributed by atoms with Crippen molar-refractivity contribution in [2.75, 3.05) is 0 Å². The molecular weight excluding hydrogens is 276 g/mol. The number of nitro groups is 1. The summed E-state index contributed by atoms with van der Waals surface area (Å²) in [6, 6.07) is 3.84. The minimum atomic E-state index is -0.622. The lowest BCUT2D eigenvalue weighted by molar-refractivity contribution is -0.385. The van der Waals surface area contributed by atoms with Crippen LogP contribution in [0, 0.1) is 10.1 Å². The van der Waals surface area contributed by atoms with Crippen molar-refractivity contribution in [1.29, 1.82) is 0 Å². The first-order valence-electron chi connectivity index (χ1n) is 4.82. The van der Waals surface area contributed by atoms with E-state index in [0.717, 1.165) is 0 Å². The molecule has 1 N–H and O–H groups in total. The van der Waals surface area contributed by atoms with Gasteiger partial charge in [0, 0.05) is 22.9 Å². The fourth-order valence-corrected chi connectivity index (χ4v) is 1.53. The molecule has 1 rings (SSSR count). The Kier molecular flexibility index (Phi) is 4.94. The zero-order chi connectivity index (χ0) is 13.7. The molecule has 0 radical (unpaired) electrons. The second kappa shape index (κ2) is 6.23. The number of carbonyl (C=O) groups is 1. The van der Waals surface area contributed by atoms with Crippen molar-refractivity contribution in [3.63, 3.8) is 0 Å². The summed E-state index contributed by atoms with van der Waals surface area (Å²) in [4.78, 5) is 22.2. The molecule has 0 bridgehead atoms. The molecule has 0 aliphatic heterocycles. The Bertz CT molecular complexity index is 543. The summed E-state index contributed by atoms with van der Waals surface area (Å²) in [5, 5.41) is 13.7. The molecule has 0 fully saturated rings. The second-order valence-corrected chi connectivity index (χ2v) is 4.03. The van der Waals surface area contributed by atoms with Crippen LogP contribution in [0.1, 0.15) is 17.3 Å². The first-order chi connectivity index (χ1) is 8.47. The Labute approximate surface area is 114 Å². The van der Waals surface area contributed by atoms with Gasteiger partial charge in [0.2, 0.25) is 0 Å². The van der Waals surface area contributed by atoms with E-state index in [1.165, 1.54) is 36.8 Å². The van der Waals surface area contributed by atoms with Crippen LogP contribution in [0.4, 0.5) is 5.69 Å². The normalized spacial score (nSPS) is 10.9. The number of nitro benzene ring substituents is 1. The van der Waals surface area contributed by atoms with E-state index in [-0.39, 0.29) is 16.3 Å². The Morgan fingerprint density at radius 3 is 2.78 bits per heavy atom. The lowest BCUT2D eigenvalue weighted by atomic mass is 10.0. The molecule has 0 unspecified atom stereocenters. The van der Waals surface area contributed by atoms with Gasteiger partial charge in [0.15, 0.2) is 5.78 Å². The van der Waals surface area contributed by atoms with E-state index in [4.69, 9.17) is 11.6 Å². The topological polar surface area (TPSA) is 72.2 Å². The number of hydrogen-bond acceptors (Lipinski definition) is 4. The SMILES string of the molecule is C/C(=C\NC=S)C(=O)c1cc(Cl)ccc1[N+](=O)[O-]. The summed E-state index contributed by atoms with van der Waals surface area (Å²) < 4.78 is 0. The largest absolute Gasteiger partial charge is 0.358 e. The minimum absolute atomic E-state index is 0.0487. The molecule has 0 spiro atoms. The van der Waals surface area contributed by atoms with Crippen LogP contribution in [-0.4, -0.2) is 16.2 Å². The summed E-state index contributed by atoms with van der Waals surface area (Å²) in [5.41, 5.74) is 1.19. The molecule has 18 heavy (non-hydrogen) atoms. The van der Waals surface area contributed by atoms with Gasteiger partial charge in [-0.15, -0.1) is 0 Å². The van der Waals surface area contributed by atoms with Crippen molar-refractivity contribution < 1.29 is 9.72 Å². The third-order valence-electron chi connectivity index (χ3n) is 2.13. The highest BCUT2D eigenvalue weighted by atomic mass is 35.5. The summed E-state index contributed by atoms with van der Waals surface area (Å²) >= 11 is 10.3. The smallest absolute Gasteiger partial charge is 0.280 e. The van der Waals surface area contributed by atoms with Crippen molar-refractivity contribution >= 4 is 40.8 Å². The number of allylic oxidation sites excluding steroid dienone is 1. The number of ketones is 1. The van der Waals surface area contributed by atoms with Crippen LogP contribution < -0.4 is 5.32 Å². The average Bonchev–Trinajstić information content (AvgIpc) is 2.34. The molecule has 0 saturated carbocycles. The predicted molar refractivity (Wildman–Crippen MR) is 73.0 cm³/mol. The van der Waals surface area contributed by atoms with Crippen molar-refractivity contribution in [1.82, 2.24) is 5.32 Å². The molecule has 1 aromatic carbocycles. The Morgan fingerprint density at radius 1 is 1.56 bits per heavy atom. The fraction of sp³-hybridized carbons (Fsp3) is 0.0909. The molecule has 7 heteroatoms. The number of nitrogens with zero attached hydrogens (tertiary/aromatic N) is 1. The van der Waals surface area contributed by atoms with Crippen LogP contribution in [0.25, 0.3) is 0 Å². The van der Waals surface area contributed by atoms with Crippen LogP contribution in [0.15, 0.2) is 30.0 Å². The molecule has 0 amide bonds. The molecule has 1 aromatic rings. The standard InChI is InChI=1S/C11H9ClN2O3S/c1-7(5-13-6-18)11(15)9-4-8(12)2-3-10(9)14(16)17/h2-6H,1H3,(H,13,18)/b7-5+. The first-order valence-corrected chi connectivity index (χ1v) is 5.67. The number of hydrogen-bond donors (Lipinski definition) is 1. The Morgan fingerprint density at radius 2 is 2.22 bits per heavy atom. The third-order valence-corrected chi connectivity index (χ3v) is 2.50. The Balaban J connectivity index is 3.23. The van der Waals surface area contributed by atoms with Gasteiger partial charge in [-0.05, 0) is 19.1 Å². The summed E-state index contributed by atoms with van der Waals surface area (Å²) in [5.74, 6) is -0.478. The van der Waals surface area contributed by atoms with Crippen molar-refractivity contribution in [3.8, 4) is 0 Å². The molecule has 94 valence electrons. The number of Topliss-reactive ketones (excluding diaryl/α,β-unsaturated/α-hetero) is 1. The van der Waals surface area contributed by atoms with Gasteiger partial charge in [0.05, 0.1) is 10.4 Å². The fourth-order valence-electron chi connectivity index (χ4n) is 1.29. The molecular formula is C11H9ClN2O3S. The summed E-state index contributed by atoms with van der Waals surface area (Å²) in [6.45, 7) is 1.53. The van der Waals surface area contributed by atoms with Crippen LogP contribution in [0.2, 0.25) is 5.02 Å². The highest BCUT2D eigenvalue weighted by Gasteiger charge is 2.21. The number of thiocarbonyl (C=S) groups is 1. The lowest BCUT2D eigenvalue weighted by Gasteiger charge is -2.03. The van der Waals surface area contributed by atoms with Gasteiger partial charge in [-0.3, -0.25) is 14.9 Å². The van der Waals surface area contributed by atoms with E-state index in [1.807, 2.05) is 0 Å². The van der Waals surface area contributed by atoms with Gasteiger partial charge in [-0.1, -0.05) is 23.8 Å². The van der Waals surface area contributed by atoms with Gasteiger partial charge in [-0.25, -0.2) is 0 Å². The summed E-state index contributed by atoms with van der Waals surface area (Å²) in [6.07, 6.45) is 1.37. The molecule has 0 atom stereocenters. The maximum Gasteiger partial charge on any atom is 0.280 e. The van der Waals surface area contributed by atoms with E-state index in [2.05, 4.69) is 17.5 Å². The van der Waals surface area contributed by atoms with Crippen molar-refractivity contribution in [3.05, 3.63) is 50.7 Å². The highest BCUT2D eigenvalue weighted by Crippen LogP contribution is 2.24. The number of nitrogens with one attached hydrogen (secondary N) is 1. The molecule has 0 aliphatic carbocycles. The van der Waals surface area contributed by atoms with E-state index in [0.29, 0.717) is 5.57 Å². The van der Waals surface area contributed by atoms with Gasteiger partial charge in [-0.2, -0.15) is 0 Å². The van der Waals surface area contributed by atoms with Gasteiger partial charge < -0.3 is 5.32 Å². The molecule has 5 nitrogen and oxygen atoms in total. The quantitative estimate of drug-likeness (QED) is 0.296. The molecule has 0 aliphatic rings. The van der Waals surface area contributed by atoms with Crippen LogP contribution in [0.5, 0.6) is 0 Å². The third kappa shape index (κ3) is 3.35. The zero-order valence-electron chi connectivity index (χ0n) is 9.34. The van der Waals surface area contributed by atoms with Crippen LogP contribution >= 0.6 is 23.8 Å². The van der Waals surface area contributed by atoms with E-state index >= 15 is 0 Å². The maximum atomic E-state index is 12.0. The van der Waals surface area contributed by atoms with Crippen molar-refractivity contribution in [2.45, 2.75) is 6.92 Å². The number of halogens is 1. The lowest BCUT2D eigenvalue weighted by Crippen LogP contribution is -2.08. The monoisotopic (exact) mass is 284 g/mol. The average molecular weight is 285 g/mol. The highest BCUT2D eigenvalue weighted by molar-refractivity contribution is 7.78. The van der Waals surface area contributed by atoms with Gasteiger partial charge in [0.1, 0.15) is 5.56 Å². The molecule has 0 saturated heterocycles. The minimum Gasteiger partial charge on any atom is -0.358 e. The van der Waals surface area contributed by atoms with Gasteiger partial charge in [0.25, 0.3) is 5.69 Å². The molecule has 0 heterocycles. The van der Waals surface area contributed by atoms with Crippen molar-refractivity contribution in [2.24, 2.45) is 0 Å². The van der Waals surface area contributed by atoms with Crippen LogP contribution in [-0.2, 0) is 0 Å². The Hall–Kier alpha value is -1.79. The van der Waals surface area contributed by atoms with E-state index in [1.54, 1.807) is 0 Å². The maximum absolute atomic E-state index is 12.0. The number of rotatable bonds is 5. The van der Waals surface area contributed by atoms with E-state index < -0.39 is 10.7 Å².